The van der Waals surface area contributed by atoms with Crippen LogP contribution in [0.1, 0.15) is 5.56 Å². The van der Waals surface area contributed by atoms with Crippen LogP contribution in [0, 0.1) is 11.8 Å². The summed E-state index contributed by atoms with van der Waals surface area (Å²) in [5, 5.41) is 7.61. The molecule has 0 amide bonds. The second kappa shape index (κ2) is 11.7. The highest BCUT2D eigenvalue weighted by molar-refractivity contribution is 6.21. The SMILES string of the molecule is C1=CC2OC3C=CC(c4ccc(-c5c6ccccc6c(-c6ccc(-n7c8ccccc8c8ccccc87)cc6)c6ccccc56)cc4)=CC3C2C=C1. The van der Waals surface area contributed by atoms with Crippen LogP contribution >= 0.6 is 0 Å². The summed E-state index contributed by atoms with van der Waals surface area (Å²) in [6.07, 6.45) is 16.0. The summed E-state index contributed by atoms with van der Waals surface area (Å²) in [5.41, 5.74) is 11.1. The molecule has 2 nitrogen and oxygen atoms in total. The second-order valence-corrected chi connectivity index (χ2v) is 14.3. The smallest absolute Gasteiger partial charge is 0.0837 e. The lowest BCUT2D eigenvalue weighted by Gasteiger charge is -2.22. The van der Waals surface area contributed by atoms with E-state index >= 15 is 0 Å². The Morgan fingerprint density at radius 3 is 1.44 bits per heavy atom. The molecule has 2 aliphatic carbocycles. The first-order valence-electron chi connectivity index (χ1n) is 18.3. The second-order valence-electron chi connectivity index (χ2n) is 14.3. The third-order valence-electron chi connectivity index (χ3n) is 11.5. The number of aromatic nitrogens is 1. The van der Waals surface area contributed by atoms with Gasteiger partial charge in [-0.05, 0) is 79.2 Å². The standard InChI is InChI=1S/C50H35NO/c1-3-16-42-40(14-1)49(33-23-21-32(22-24-33)35-27-30-48-44(31-35)39-13-7-10-20-47(39)52-48)41-15-2-4-17-43(41)50(42)34-25-28-36(29-26-34)51-45-18-8-5-11-37(45)38-12-6-9-19-46(38)51/h1-31,39,44,47-48H. The van der Waals surface area contributed by atoms with Gasteiger partial charge in [-0.3, -0.25) is 0 Å². The van der Waals surface area contributed by atoms with Gasteiger partial charge in [0, 0.05) is 28.3 Å². The van der Waals surface area contributed by atoms with Crippen molar-refractivity contribution in [1.82, 2.24) is 4.57 Å². The van der Waals surface area contributed by atoms with Gasteiger partial charge < -0.3 is 9.30 Å². The average molecular weight is 666 g/mol. The first-order chi connectivity index (χ1) is 25.8. The van der Waals surface area contributed by atoms with E-state index in [0.717, 1.165) is 5.69 Å². The van der Waals surface area contributed by atoms with Crippen LogP contribution in [0.5, 0.6) is 0 Å². The highest BCUT2D eigenvalue weighted by atomic mass is 16.5. The Kier molecular flexibility index (Phi) is 6.62. The van der Waals surface area contributed by atoms with E-state index in [-0.39, 0.29) is 12.2 Å². The average Bonchev–Trinajstić information content (AvgIpc) is 3.76. The highest BCUT2D eigenvalue weighted by Gasteiger charge is 2.41. The maximum absolute atomic E-state index is 6.34. The summed E-state index contributed by atoms with van der Waals surface area (Å²) in [5.74, 6) is 0.762. The molecule has 2 heteroatoms. The van der Waals surface area contributed by atoms with E-state index in [1.165, 1.54) is 76.7 Å². The third-order valence-corrected chi connectivity index (χ3v) is 11.5. The molecule has 0 spiro atoms. The lowest BCUT2D eigenvalue weighted by atomic mass is 9.80. The molecule has 1 aromatic heterocycles. The number of rotatable bonds is 4. The van der Waals surface area contributed by atoms with Crippen molar-refractivity contribution in [3.63, 3.8) is 0 Å². The largest absolute Gasteiger partial charge is 0.366 e. The Hall–Kier alpha value is -6.22. The number of nitrogens with zero attached hydrogens (tertiary/aromatic N) is 1. The van der Waals surface area contributed by atoms with E-state index in [9.17, 15) is 0 Å². The van der Waals surface area contributed by atoms with Gasteiger partial charge in [-0.2, -0.15) is 0 Å². The van der Waals surface area contributed by atoms with Crippen LogP contribution in [-0.4, -0.2) is 16.8 Å². The van der Waals surface area contributed by atoms with Gasteiger partial charge in [0.1, 0.15) is 0 Å². The topological polar surface area (TPSA) is 14.2 Å². The van der Waals surface area contributed by atoms with Crippen LogP contribution in [0.25, 0.3) is 76.9 Å². The van der Waals surface area contributed by atoms with Crippen molar-refractivity contribution in [1.29, 1.82) is 0 Å². The molecule has 246 valence electrons. The van der Waals surface area contributed by atoms with E-state index in [2.05, 4.69) is 193 Å². The van der Waals surface area contributed by atoms with Gasteiger partial charge in [-0.25, -0.2) is 0 Å². The Balaban J connectivity index is 1.01. The van der Waals surface area contributed by atoms with Crippen LogP contribution in [-0.2, 0) is 4.74 Å². The highest BCUT2D eigenvalue weighted by Crippen LogP contribution is 2.45. The van der Waals surface area contributed by atoms with Crippen molar-refractivity contribution in [2.45, 2.75) is 12.2 Å². The summed E-state index contributed by atoms with van der Waals surface area (Å²) >= 11 is 0. The Morgan fingerprint density at radius 1 is 0.404 bits per heavy atom. The molecule has 1 fully saturated rings. The minimum absolute atomic E-state index is 0.145. The molecule has 4 atom stereocenters. The van der Waals surface area contributed by atoms with Crippen molar-refractivity contribution in [2.75, 3.05) is 0 Å². The predicted octanol–water partition coefficient (Wildman–Crippen LogP) is 12.5. The Morgan fingerprint density at radius 2 is 0.865 bits per heavy atom. The summed E-state index contributed by atoms with van der Waals surface area (Å²) in [7, 11) is 0. The van der Waals surface area contributed by atoms with Crippen molar-refractivity contribution in [3.05, 3.63) is 194 Å². The number of hydrogen-bond donors (Lipinski definition) is 0. The summed E-state index contributed by atoms with van der Waals surface area (Å²) < 4.78 is 8.72. The zero-order valence-corrected chi connectivity index (χ0v) is 28.6. The summed E-state index contributed by atoms with van der Waals surface area (Å²) in [6, 6.07) is 53.6. The maximum atomic E-state index is 6.34. The van der Waals surface area contributed by atoms with Crippen LogP contribution in [0.3, 0.4) is 0 Å². The van der Waals surface area contributed by atoms with E-state index in [4.69, 9.17) is 4.74 Å². The maximum Gasteiger partial charge on any atom is 0.0837 e. The molecular weight excluding hydrogens is 631 g/mol. The number of allylic oxidation sites excluding steroid dienone is 4. The summed E-state index contributed by atoms with van der Waals surface area (Å²) in [6.45, 7) is 0. The number of hydrogen-bond acceptors (Lipinski definition) is 1. The molecule has 11 rings (SSSR count). The fourth-order valence-electron chi connectivity index (χ4n) is 9.17. The molecule has 0 N–H and O–H groups in total. The van der Waals surface area contributed by atoms with Crippen molar-refractivity contribution in [3.8, 4) is 27.9 Å². The first kappa shape index (κ1) is 29.5. The van der Waals surface area contributed by atoms with Gasteiger partial charge in [-0.15, -0.1) is 0 Å². The number of fused-ring (bicyclic) bond motifs is 8. The van der Waals surface area contributed by atoms with E-state index in [0.29, 0.717) is 11.8 Å². The first-order valence-corrected chi connectivity index (χ1v) is 18.3. The predicted molar refractivity (Wildman–Crippen MR) is 218 cm³/mol. The van der Waals surface area contributed by atoms with Crippen molar-refractivity contribution < 1.29 is 4.74 Å². The van der Waals surface area contributed by atoms with Crippen LogP contribution in [0.4, 0.5) is 0 Å². The van der Waals surface area contributed by atoms with E-state index in [1.54, 1.807) is 0 Å². The number of ether oxygens (including phenoxy) is 1. The Labute approximate surface area is 302 Å². The molecular formula is C50H35NO. The minimum Gasteiger partial charge on any atom is -0.366 e. The molecule has 1 aliphatic heterocycles. The van der Waals surface area contributed by atoms with Crippen LogP contribution < -0.4 is 0 Å². The van der Waals surface area contributed by atoms with Gasteiger partial charge in [0.05, 0.1) is 23.2 Å². The van der Waals surface area contributed by atoms with Gasteiger partial charge in [0.25, 0.3) is 0 Å². The lowest BCUT2D eigenvalue weighted by molar-refractivity contribution is 0.0885. The van der Waals surface area contributed by atoms with E-state index < -0.39 is 0 Å². The zero-order chi connectivity index (χ0) is 34.2. The molecule has 0 saturated carbocycles. The monoisotopic (exact) mass is 665 g/mol. The molecule has 52 heavy (non-hydrogen) atoms. The molecule has 2 heterocycles. The quantitative estimate of drug-likeness (QED) is 0.171. The van der Waals surface area contributed by atoms with Crippen LogP contribution in [0.15, 0.2) is 188 Å². The third kappa shape index (κ3) is 4.48. The Bertz CT molecular complexity index is 2720. The normalized spacial score (nSPS) is 20.5. The van der Waals surface area contributed by atoms with Crippen LogP contribution in [0.2, 0.25) is 0 Å². The van der Waals surface area contributed by atoms with Crippen molar-refractivity contribution in [2.24, 2.45) is 11.8 Å². The zero-order valence-electron chi connectivity index (χ0n) is 28.6. The molecule has 4 unspecified atom stereocenters. The molecule has 1 saturated heterocycles. The van der Waals surface area contributed by atoms with Gasteiger partial charge >= 0.3 is 0 Å². The molecule has 3 aliphatic rings. The lowest BCUT2D eigenvalue weighted by Crippen LogP contribution is -2.19. The number of para-hydroxylation sites is 2. The van der Waals surface area contributed by atoms with Gasteiger partial charge in [-0.1, -0.05) is 164 Å². The van der Waals surface area contributed by atoms with E-state index in [1.807, 2.05) is 0 Å². The minimum atomic E-state index is 0.145. The fourth-order valence-corrected chi connectivity index (χ4v) is 9.17. The fraction of sp³-hybridized carbons (Fsp3) is 0.0800. The summed E-state index contributed by atoms with van der Waals surface area (Å²) in [4.78, 5) is 0. The molecule has 7 aromatic carbocycles. The van der Waals surface area contributed by atoms with Gasteiger partial charge in [0.2, 0.25) is 0 Å². The molecule has 8 aromatic rings. The molecule has 0 radical (unpaired) electrons. The van der Waals surface area contributed by atoms with Crippen molar-refractivity contribution >= 4 is 48.9 Å². The van der Waals surface area contributed by atoms with Gasteiger partial charge in [0.15, 0.2) is 0 Å². The number of benzene rings is 7. The molecule has 0 bridgehead atoms.